The van der Waals surface area contributed by atoms with Crippen LogP contribution in [0, 0.1) is 5.92 Å². The quantitative estimate of drug-likeness (QED) is 0.815. The van der Waals surface area contributed by atoms with Crippen LogP contribution in [-0.4, -0.2) is 51.4 Å². The van der Waals surface area contributed by atoms with Crippen molar-refractivity contribution in [2.75, 3.05) is 6.54 Å². The van der Waals surface area contributed by atoms with Gasteiger partial charge in [0, 0.05) is 6.04 Å². The van der Waals surface area contributed by atoms with Crippen molar-refractivity contribution in [2.45, 2.75) is 70.2 Å². The summed E-state index contributed by atoms with van der Waals surface area (Å²) >= 11 is 1.60. The Hall–Kier alpha value is -1.86. The SMILES string of the molecule is C[C@@H]1[C@H](Oc2cccc3scnc23)CN1C(=O)NC1CCC(C(C)(C)O)CC1. The van der Waals surface area contributed by atoms with Crippen LogP contribution in [0.15, 0.2) is 23.7 Å². The number of ether oxygens (including phenoxy) is 1. The van der Waals surface area contributed by atoms with Crippen LogP contribution in [0.2, 0.25) is 0 Å². The van der Waals surface area contributed by atoms with Crippen molar-refractivity contribution in [3.05, 3.63) is 23.7 Å². The Balaban J connectivity index is 1.28. The number of para-hydroxylation sites is 1. The molecule has 2 amide bonds. The van der Waals surface area contributed by atoms with Gasteiger partial charge in [0.15, 0.2) is 0 Å². The van der Waals surface area contributed by atoms with Crippen LogP contribution in [0.1, 0.15) is 46.5 Å². The summed E-state index contributed by atoms with van der Waals surface area (Å²) in [5.41, 5.74) is 2.09. The standard InChI is InChI=1S/C21H29N3O3S/c1-13-17(27-16-5-4-6-18-19(16)22-12-28-18)11-24(13)20(25)23-15-9-7-14(8-10-15)21(2,3)26/h4-6,12-15,17,26H,7-11H2,1-3H3,(H,23,25)/t13-,14?,15?,17-/m1/s1. The number of carbonyl (C=O) groups excluding carboxylic acids is 1. The summed E-state index contributed by atoms with van der Waals surface area (Å²) in [5, 5.41) is 13.3. The molecule has 2 fully saturated rings. The first-order valence-corrected chi connectivity index (χ1v) is 11.0. The predicted octanol–water partition coefficient (Wildman–Crippen LogP) is 3.79. The lowest BCUT2D eigenvalue weighted by molar-refractivity contribution is -0.0120. The Morgan fingerprint density at radius 1 is 1.32 bits per heavy atom. The maximum Gasteiger partial charge on any atom is 0.318 e. The van der Waals surface area contributed by atoms with Gasteiger partial charge in [-0.2, -0.15) is 0 Å². The number of carbonyl (C=O) groups is 1. The molecule has 0 bridgehead atoms. The molecule has 1 aliphatic heterocycles. The number of likely N-dealkylation sites (tertiary alicyclic amines) is 1. The molecule has 1 saturated carbocycles. The van der Waals surface area contributed by atoms with E-state index in [1.165, 1.54) is 0 Å². The highest BCUT2D eigenvalue weighted by molar-refractivity contribution is 7.16. The lowest BCUT2D eigenvalue weighted by Crippen LogP contribution is -2.65. The first-order valence-electron chi connectivity index (χ1n) is 10.1. The minimum absolute atomic E-state index is 0.00840. The third-order valence-corrected chi connectivity index (χ3v) is 7.12. The third kappa shape index (κ3) is 3.82. The fourth-order valence-electron chi connectivity index (χ4n) is 4.30. The molecule has 1 saturated heterocycles. The molecule has 0 radical (unpaired) electrons. The summed E-state index contributed by atoms with van der Waals surface area (Å²) < 4.78 is 7.26. The van der Waals surface area contributed by atoms with Gasteiger partial charge in [0.25, 0.3) is 0 Å². The van der Waals surface area contributed by atoms with Gasteiger partial charge >= 0.3 is 6.03 Å². The zero-order chi connectivity index (χ0) is 19.9. The highest BCUT2D eigenvalue weighted by Crippen LogP contribution is 2.33. The molecule has 1 aromatic heterocycles. The second kappa shape index (κ2) is 7.52. The van der Waals surface area contributed by atoms with Crippen molar-refractivity contribution in [1.29, 1.82) is 0 Å². The van der Waals surface area contributed by atoms with Gasteiger partial charge < -0.3 is 20.1 Å². The van der Waals surface area contributed by atoms with Crippen molar-refractivity contribution in [3.8, 4) is 5.75 Å². The number of aromatic nitrogens is 1. The summed E-state index contributed by atoms with van der Waals surface area (Å²) in [7, 11) is 0. The zero-order valence-electron chi connectivity index (χ0n) is 16.7. The minimum Gasteiger partial charge on any atom is -0.484 e. The topological polar surface area (TPSA) is 74.7 Å². The number of benzene rings is 1. The second-order valence-electron chi connectivity index (χ2n) is 8.66. The molecular formula is C21H29N3O3S. The van der Waals surface area contributed by atoms with Gasteiger partial charge in [-0.15, -0.1) is 11.3 Å². The predicted molar refractivity (Wildman–Crippen MR) is 111 cm³/mol. The monoisotopic (exact) mass is 403 g/mol. The highest BCUT2D eigenvalue weighted by atomic mass is 32.1. The fourth-order valence-corrected chi connectivity index (χ4v) is 4.99. The molecule has 2 aromatic rings. The number of aliphatic hydroxyl groups is 1. The molecule has 7 heteroatoms. The van der Waals surface area contributed by atoms with Crippen LogP contribution in [0.4, 0.5) is 4.79 Å². The number of hydrogen-bond donors (Lipinski definition) is 2. The first kappa shape index (κ1) is 19.5. The average Bonchev–Trinajstić information content (AvgIpc) is 3.13. The largest absolute Gasteiger partial charge is 0.484 e. The number of urea groups is 1. The lowest BCUT2D eigenvalue weighted by Gasteiger charge is -2.46. The minimum atomic E-state index is -0.633. The smallest absolute Gasteiger partial charge is 0.318 e. The van der Waals surface area contributed by atoms with E-state index in [-0.39, 0.29) is 24.2 Å². The molecular weight excluding hydrogens is 374 g/mol. The molecule has 28 heavy (non-hydrogen) atoms. The molecule has 2 N–H and O–H groups in total. The summed E-state index contributed by atoms with van der Waals surface area (Å²) in [4.78, 5) is 18.9. The fraction of sp³-hybridized carbons (Fsp3) is 0.619. The maximum absolute atomic E-state index is 12.7. The van der Waals surface area contributed by atoms with Gasteiger partial charge in [-0.3, -0.25) is 0 Å². The molecule has 6 nitrogen and oxygen atoms in total. The Morgan fingerprint density at radius 3 is 2.75 bits per heavy atom. The van der Waals surface area contributed by atoms with Crippen LogP contribution < -0.4 is 10.1 Å². The van der Waals surface area contributed by atoms with Crippen LogP contribution in [0.25, 0.3) is 10.2 Å². The summed E-state index contributed by atoms with van der Waals surface area (Å²) in [6.45, 7) is 6.38. The molecule has 2 atom stereocenters. The van der Waals surface area contributed by atoms with E-state index in [1.807, 2.05) is 49.4 Å². The van der Waals surface area contributed by atoms with Gasteiger partial charge in [-0.1, -0.05) is 6.07 Å². The number of amides is 2. The number of thiazole rings is 1. The number of rotatable bonds is 4. The van der Waals surface area contributed by atoms with Crippen LogP contribution in [0.3, 0.4) is 0 Å². The summed E-state index contributed by atoms with van der Waals surface area (Å²) in [5.74, 6) is 1.11. The van der Waals surface area contributed by atoms with Crippen molar-refractivity contribution in [2.24, 2.45) is 5.92 Å². The molecule has 2 heterocycles. The molecule has 2 aliphatic rings. The normalized spacial score (nSPS) is 28.1. The van der Waals surface area contributed by atoms with Gasteiger partial charge in [-0.25, -0.2) is 9.78 Å². The van der Waals surface area contributed by atoms with Crippen LogP contribution in [-0.2, 0) is 0 Å². The molecule has 152 valence electrons. The van der Waals surface area contributed by atoms with Crippen molar-refractivity contribution in [1.82, 2.24) is 15.2 Å². The third-order valence-electron chi connectivity index (χ3n) is 6.32. The number of fused-ring (bicyclic) bond motifs is 1. The molecule has 1 aromatic carbocycles. The van der Waals surface area contributed by atoms with E-state index in [0.717, 1.165) is 41.6 Å². The Labute approximate surface area is 169 Å². The summed E-state index contributed by atoms with van der Waals surface area (Å²) in [6, 6.07) is 6.18. The van der Waals surface area contributed by atoms with Crippen molar-refractivity contribution >= 4 is 27.6 Å². The molecule has 0 unspecified atom stereocenters. The van der Waals surface area contributed by atoms with E-state index in [4.69, 9.17) is 4.74 Å². The van der Waals surface area contributed by atoms with E-state index in [1.54, 1.807) is 11.3 Å². The number of nitrogens with zero attached hydrogens (tertiary/aromatic N) is 2. The Kier molecular flexibility index (Phi) is 5.22. The van der Waals surface area contributed by atoms with E-state index >= 15 is 0 Å². The molecule has 1 aliphatic carbocycles. The second-order valence-corrected chi connectivity index (χ2v) is 9.54. The van der Waals surface area contributed by atoms with Gasteiger partial charge in [-0.05, 0) is 64.5 Å². The van der Waals surface area contributed by atoms with E-state index < -0.39 is 5.60 Å². The van der Waals surface area contributed by atoms with Gasteiger partial charge in [0.2, 0.25) is 0 Å². The maximum atomic E-state index is 12.7. The van der Waals surface area contributed by atoms with Gasteiger partial charge in [0.1, 0.15) is 17.4 Å². The molecule has 4 rings (SSSR count). The van der Waals surface area contributed by atoms with Gasteiger partial charge in [0.05, 0.1) is 28.4 Å². The summed E-state index contributed by atoms with van der Waals surface area (Å²) in [6.07, 6.45) is 3.74. The Morgan fingerprint density at radius 2 is 2.07 bits per heavy atom. The number of hydrogen-bond acceptors (Lipinski definition) is 5. The zero-order valence-corrected chi connectivity index (χ0v) is 17.5. The highest BCUT2D eigenvalue weighted by Gasteiger charge is 2.41. The van der Waals surface area contributed by atoms with E-state index in [9.17, 15) is 9.90 Å². The van der Waals surface area contributed by atoms with Crippen molar-refractivity contribution < 1.29 is 14.6 Å². The number of nitrogens with one attached hydrogen (secondary N) is 1. The first-order chi connectivity index (χ1) is 13.3. The average molecular weight is 404 g/mol. The van der Waals surface area contributed by atoms with Crippen LogP contribution >= 0.6 is 11.3 Å². The van der Waals surface area contributed by atoms with E-state index in [0.29, 0.717) is 12.5 Å². The van der Waals surface area contributed by atoms with Crippen LogP contribution in [0.5, 0.6) is 5.75 Å². The lowest BCUT2D eigenvalue weighted by atomic mass is 9.77. The van der Waals surface area contributed by atoms with E-state index in [2.05, 4.69) is 10.3 Å². The van der Waals surface area contributed by atoms with Crippen molar-refractivity contribution in [3.63, 3.8) is 0 Å². The molecule has 0 spiro atoms. The Bertz CT molecular complexity index is 839.